The molecule has 1 aromatic carbocycles. The molecule has 0 aromatic heterocycles. The van der Waals surface area contributed by atoms with Crippen LogP contribution in [0, 0.1) is 11.3 Å². The molecule has 19 heavy (non-hydrogen) atoms. The Morgan fingerprint density at radius 2 is 2.11 bits per heavy atom. The summed E-state index contributed by atoms with van der Waals surface area (Å²) in [6.45, 7) is 2.55. The third-order valence-electron chi connectivity index (χ3n) is 3.07. The van der Waals surface area contributed by atoms with Crippen molar-refractivity contribution in [3.05, 3.63) is 29.3 Å². The van der Waals surface area contributed by atoms with Crippen molar-refractivity contribution in [3.8, 4) is 6.07 Å². The number of nitrogens with zero attached hydrogens (tertiary/aromatic N) is 2. The lowest BCUT2D eigenvalue weighted by atomic mass is 10.1. The van der Waals surface area contributed by atoms with Gasteiger partial charge in [-0.3, -0.25) is 4.79 Å². The number of carbonyl (C=O) groups is 1. The molecule has 102 valence electrons. The van der Waals surface area contributed by atoms with Gasteiger partial charge in [0, 0.05) is 31.5 Å². The predicted molar refractivity (Wildman–Crippen MR) is 75.4 cm³/mol. The minimum Gasteiger partial charge on any atom is -0.396 e. The van der Waals surface area contributed by atoms with Crippen LogP contribution in [-0.2, 0) is 0 Å². The van der Waals surface area contributed by atoms with Gasteiger partial charge < -0.3 is 10.0 Å². The van der Waals surface area contributed by atoms with Crippen molar-refractivity contribution in [3.63, 3.8) is 0 Å². The number of Topliss-reactive ketones (excluding diaryl/α,β-unsaturated/α-hetero) is 1. The molecule has 0 saturated heterocycles. The number of benzene rings is 1. The SMILES string of the molecule is CC(=O)c1ccc(C#N)cc1N(C)CCCCCO. The highest BCUT2D eigenvalue weighted by atomic mass is 16.2. The van der Waals surface area contributed by atoms with Crippen LogP contribution in [0.2, 0.25) is 0 Å². The molecule has 0 aliphatic rings. The zero-order valence-electron chi connectivity index (χ0n) is 11.5. The van der Waals surface area contributed by atoms with Crippen LogP contribution >= 0.6 is 0 Å². The minimum absolute atomic E-state index is 0.00157. The van der Waals surface area contributed by atoms with Gasteiger partial charge in [0.2, 0.25) is 0 Å². The molecule has 0 bridgehead atoms. The van der Waals surface area contributed by atoms with Crippen LogP contribution in [0.25, 0.3) is 0 Å². The molecule has 0 aliphatic carbocycles. The number of unbranched alkanes of at least 4 members (excludes halogenated alkanes) is 2. The molecule has 0 amide bonds. The molecule has 0 radical (unpaired) electrons. The summed E-state index contributed by atoms with van der Waals surface area (Å²) in [7, 11) is 1.92. The van der Waals surface area contributed by atoms with Gasteiger partial charge in [0.1, 0.15) is 0 Å². The van der Waals surface area contributed by atoms with Gasteiger partial charge in [-0.1, -0.05) is 0 Å². The summed E-state index contributed by atoms with van der Waals surface area (Å²) >= 11 is 0. The number of anilines is 1. The minimum atomic E-state index is 0.00157. The Kier molecular flexibility index (Phi) is 6.04. The maximum absolute atomic E-state index is 11.6. The Bertz CT molecular complexity index is 478. The fourth-order valence-corrected chi connectivity index (χ4v) is 1.97. The molecule has 4 heteroatoms. The molecule has 0 atom stereocenters. The zero-order valence-corrected chi connectivity index (χ0v) is 11.5. The second kappa shape index (κ2) is 7.55. The molecule has 0 fully saturated rings. The highest BCUT2D eigenvalue weighted by Crippen LogP contribution is 2.22. The Morgan fingerprint density at radius 1 is 1.37 bits per heavy atom. The van der Waals surface area contributed by atoms with Gasteiger partial charge in [0.05, 0.1) is 11.6 Å². The monoisotopic (exact) mass is 260 g/mol. The Labute approximate surface area is 114 Å². The fourth-order valence-electron chi connectivity index (χ4n) is 1.97. The zero-order chi connectivity index (χ0) is 14.3. The van der Waals surface area contributed by atoms with Gasteiger partial charge >= 0.3 is 0 Å². The number of hydrogen-bond donors (Lipinski definition) is 1. The number of aliphatic hydroxyl groups is 1. The van der Waals surface area contributed by atoms with E-state index < -0.39 is 0 Å². The molecule has 1 rings (SSSR count). The first-order chi connectivity index (χ1) is 9.10. The Morgan fingerprint density at radius 3 is 2.68 bits per heavy atom. The van der Waals surface area contributed by atoms with Crippen LogP contribution in [0.5, 0.6) is 0 Å². The first kappa shape index (κ1) is 15.2. The van der Waals surface area contributed by atoms with E-state index in [4.69, 9.17) is 10.4 Å². The molecule has 0 heterocycles. The first-order valence-corrected chi connectivity index (χ1v) is 6.47. The third kappa shape index (κ3) is 4.38. The van der Waals surface area contributed by atoms with Crippen molar-refractivity contribution < 1.29 is 9.90 Å². The third-order valence-corrected chi connectivity index (χ3v) is 3.07. The van der Waals surface area contributed by atoms with Gasteiger partial charge in [0.15, 0.2) is 5.78 Å². The van der Waals surface area contributed by atoms with Crippen molar-refractivity contribution in [1.29, 1.82) is 5.26 Å². The Hall–Kier alpha value is -1.86. The van der Waals surface area contributed by atoms with E-state index in [1.165, 1.54) is 6.92 Å². The quantitative estimate of drug-likeness (QED) is 0.604. The van der Waals surface area contributed by atoms with Gasteiger partial charge in [0.25, 0.3) is 0 Å². The Balaban J connectivity index is 2.84. The summed E-state index contributed by atoms with van der Waals surface area (Å²) < 4.78 is 0. The molecule has 0 aliphatic heterocycles. The molecule has 4 nitrogen and oxygen atoms in total. The van der Waals surface area contributed by atoms with Gasteiger partial charge in [-0.25, -0.2) is 0 Å². The van der Waals surface area contributed by atoms with E-state index in [9.17, 15) is 4.79 Å². The number of hydrogen-bond acceptors (Lipinski definition) is 4. The van der Waals surface area contributed by atoms with Crippen molar-refractivity contribution >= 4 is 11.5 Å². The second-order valence-corrected chi connectivity index (χ2v) is 4.61. The molecule has 0 spiro atoms. The van der Waals surface area contributed by atoms with Crippen LogP contribution in [0.1, 0.15) is 42.1 Å². The number of carbonyl (C=O) groups excluding carboxylic acids is 1. The van der Waals surface area contributed by atoms with E-state index in [1.807, 2.05) is 11.9 Å². The molecule has 1 N–H and O–H groups in total. The molecule has 0 saturated carbocycles. The molecule has 1 aromatic rings. The molecule has 0 unspecified atom stereocenters. The summed E-state index contributed by atoms with van der Waals surface area (Å²) in [6.07, 6.45) is 2.70. The van der Waals surface area contributed by atoms with Crippen molar-refractivity contribution in [2.75, 3.05) is 25.1 Å². The predicted octanol–water partition coefficient (Wildman–Crippen LogP) is 2.36. The van der Waals surface area contributed by atoms with Crippen molar-refractivity contribution in [2.45, 2.75) is 26.2 Å². The maximum atomic E-state index is 11.6. The lowest BCUT2D eigenvalue weighted by Gasteiger charge is -2.22. The number of ketones is 1. The van der Waals surface area contributed by atoms with Crippen molar-refractivity contribution in [1.82, 2.24) is 0 Å². The summed E-state index contributed by atoms with van der Waals surface area (Å²) in [6, 6.07) is 7.22. The molecular weight excluding hydrogens is 240 g/mol. The van der Waals surface area contributed by atoms with Crippen LogP contribution in [-0.4, -0.2) is 31.1 Å². The van der Waals surface area contributed by atoms with E-state index >= 15 is 0 Å². The summed E-state index contributed by atoms with van der Waals surface area (Å²) in [5.74, 6) is 0.00157. The lowest BCUT2D eigenvalue weighted by Crippen LogP contribution is -2.21. The van der Waals surface area contributed by atoms with Gasteiger partial charge in [-0.15, -0.1) is 0 Å². The van der Waals surface area contributed by atoms with Crippen molar-refractivity contribution in [2.24, 2.45) is 0 Å². The number of nitriles is 1. The summed E-state index contributed by atoms with van der Waals surface area (Å²) in [5, 5.41) is 17.7. The van der Waals surface area contributed by atoms with E-state index in [-0.39, 0.29) is 12.4 Å². The van der Waals surface area contributed by atoms with E-state index in [0.29, 0.717) is 11.1 Å². The fraction of sp³-hybridized carbons (Fsp3) is 0.467. The lowest BCUT2D eigenvalue weighted by molar-refractivity contribution is 0.101. The summed E-state index contributed by atoms with van der Waals surface area (Å²) in [5.41, 5.74) is 2.00. The first-order valence-electron chi connectivity index (χ1n) is 6.47. The average Bonchev–Trinajstić information content (AvgIpc) is 2.42. The smallest absolute Gasteiger partial charge is 0.161 e. The van der Waals surface area contributed by atoms with Gasteiger partial charge in [-0.2, -0.15) is 5.26 Å². The van der Waals surface area contributed by atoms with Crippen LogP contribution < -0.4 is 4.90 Å². The largest absolute Gasteiger partial charge is 0.396 e. The topological polar surface area (TPSA) is 64.3 Å². The second-order valence-electron chi connectivity index (χ2n) is 4.61. The molecular formula is C15H20N2O2. The highest BCUT2D eigenvalue weighted by molar-refractivity contribution is 5.99. The van der Waals surface area contributed by atoms with Gasteiger partial charge in [-0.05, 0) is 44.4 Å². The maximum Gasteiger partial charge on any atom is 0.161 e. The number of rotatable bonds is 7. The average molecular weight is 260 g/mol. The standard InChI is InChI=1S/C15H20N2O2/c1-12(19)14-7-6-13(11-16)10-15(14)17(2)8-4-3-5-9-18/h6-7,10,18H,3-5,8-9H2,1-2H3. The summed E-state index contributed by atoms with van der Waals surface area (Å²) in [4.78, 5) is 13.6. The van der Waals surface area contributed by atoms with Crippen LogP contribution in [0.3, 0.4) is 0 Å². The number of aliphatic hydroxyl groups excluding tert-OH is 1. The normalized spacial score (nSPS) is 10.0. The highest BCUT2D eigenvalue weighted by Gasteiger charge is 2.11. The van der Waals surface area contributed by atoms with E-state index in [1.54, 1.807) is 18.2 Å². The van der Waals surface area contributed by atoms with Crippen LogP contribution in [0.4, 0.5) is 5.69 Å². The van der Waals surface area contributed by atoms with E-state index in [2.05, 4.69) is 6.07 Å². The van der Waals surface area contributed by atoms with E-state index in [0.717, 1.165) is 31.5 Å². The van der Waals surface area contributed by atoms with Crippen LogP contribution in [0.15, 0.2) is 18.2 Å².